The van der Waals surface area contributed by atoms with Crippen molar-refractivity contribution >= 4 is 67.3 Å². The number of benzene rings is 3. The molecule has 0 unspecified atom stereocenters. The Morgan fingerprint density at radius 2 is 1.33 bits per heavy atom. The number of hydrogen-bond acceptors (Lipinski definition) is 8. The fourth-order valence-corrected chi connectivity index (χ4v) is 4.31. The number of halogens is 2. The van der Waals surface area contributed by atoms with Gasteiger partial charge in [-0.1, -0.05) is 52.3 Å². The summed E-state index contributed by atoms with van der Waals surface area (Å²) in [5.41, 5.74) is 5.35. The number of rotatable bonds is 8. The fourth-order valence-electron chi connectivity index (χ4n) is 2.89. The van der Waals surface area contributed by atoms with Gasteiger partial charge in [-0.2, -0.15) is 20.1 Å². The number of para-hydroxylation sites is 2. The Bertz CT molecular complexity index is 1190. The summed E-state index contributed by atoms with van der Waals surface area (Å²) in [4.78, 5) is 13.3. The smallest absolute Gasteiger partial charge is 0.250 e. The van der Waals surface area contributed by atoms with Crippen molar-refractivity contribution in [2.45, 2.75) is 0 Å². The first-order valence-corrected chi connectivity index (χ1v) is 11.4. The van der Waals surface area contributed by atoms with Gasteiger partial charge in [-0.25, -0.2) is 5.43 Å². The van der Waals surface area contributed by atoms with Crippen molar-refractivity contribution in [1.82, 2.24) is 15.0 Å². The molecule has 0 spiro atoms. The van der Waals surface area contributed by atoms with E-state index in [2.05, 4.69) is 68.0 Å². The molecule has 0 saturated heterocycles. The van der Waals surface area contributed by atoms with Gasteiger partial charge in [-0.3, -0.25) is 0 Å². The normalized spacial score (nSPS) is 10.8. The molecular formula is C23H19Br2N7O. The van der Waals surface area contributed by atoms with Gasteiger partial charge < -0.3 is 15.4 Å². The van der Waals surface area contributed by atoms with Crippen molar-refractivity contribution in [3.63, 3.8) is 0 Å². The van der Waals surface area contributed by atoms with Crippen molar-refractivity contribution in [2.24, 2.45) is 5.10 Å². The Labute approximate surface area is 207 Å². The summed E-state index contributed by atoms with van der Waals surface area (Å²) in [6.45, 7) is 0. The lowest BCUT2D eigenvalue weighted by atomic mass is 10.2. The molecule has 4 aromatic rings. The van der Waals surface area contributed by atoms with Crippen molar-refractivity contribution < 1.29 is 4.74 Å². The van der Waals surface area contributed by atoms with Gasteiger partial charge in [-0.15, -0.1) is 0 Å². The Balaban J connectivity index is 1.60. The van der Waals surface area contributed by atoms with E-state index in [9.17, 15) is 0 Å². The van der Waals surface area contributed by atoms with Gasteiger partial charge in [0, 0.05) is 21.4 Å². The lowest BCUT2D eigenvalue weighted by Crippen LogP contribution is -2.07. The summed E-state index contributed by atoms with van der Waals surface area (Å²) in [5, 5.41) is 10.7. The second-order valence-electron chi connectivity index (χ2n) is 6.67. The summed E-state index contributed by atoms with van der Waals surface area (Å²) >= 11 is 6.97. The van der Waals surface area contributed by atoms with Crippen molar-refractivity contribution in [1.29, 1.82) is 0 Å². The Hall–Kier alpha value is -3.50. The third-order valence-corrected chi connectivity index (χ3v) is 5.35. The molecule has 3 N–H and O–H groups in total. The van der Waals surface area contributed by atoms with E-state index in [4.69, 9.17) is 4.74 Å². The third kappa shape index (κ3) is 6.27. The second-order valence-corrected chi connectivity index (χ2v) is 8.44. The largest absolute Gasteiger partial charge is 0.495 e. The molecule has 3 aromatic carbocycles. The number of anilines is 5. The second kappa shape index (κ2) is 10.9. The predicted octanol–water partition coefficient (Wildman–Crippen LogP) is 6.34. The molecule has 8 nitrogen and oxygen atoms in total. The van der Waals surface area contributed by atoms with E-state index in [1.165, 1.54) is 0 Å². The number of aromatic nitrogens is 3. The zero-order valence-corrected chi connectivity index (χ0v) is 20.6. The van der Waals surface area contributed by atoms with Crippen LogP contribution in [-0.4, -0.2) is 28.3 Å². The van der Waals surface area contributed by atoms with E-state index in [-0.39, 0.29) is 5.95 Å². The molecule has 0 bridgehead atoms. The third-order valence-electron chi connectivity index (χ3n) is 4.30. The van der Waals surface area contributed by atoms with Crippen LogP contribution in [0.2, 0.25) is 0 Å². The summed E-state index contributed by atoms with van der Waals surface area (Å²) in [7, 11) is 1.60. The highest BCUT2D eigenvalue weighted by Crippen LogP contribution is 2.31. The van der Waals surface area contributed by atoms with E-state index in [1.807, 2.05) is 72.8 Å². The van der Waals surface area contributed by atoms with Gasteiger partial charge in [0.25, 0.3) is 0 Å². The SMILES string of the molecule is COc1c(Br)cc(Br)cc1C=NNc1nc(Nc2ccccc2)nc(Nc2ccccc2)n1. The molecule has 1 aromatic heterocycles. The average molecular weight is 569 g/mol. The quantitative estimate of drug-likeness (QED) is 0.168. The highest BCUT2D eigenvalue weighted by atomic mass is 79.9. The van der Waals surface area contributed by atoms with E-state index >= 15 is 0 Å². The van der Waals surface area contributed by atoms with Crippen LogP contribution in [-0.2, 0) is 0 Å². The summed E-state index contributed by atoms with van der Waals surface area (Å²) in [5.74, 6) is 1.67. The lowest BCUT2D eigenvalue weighted by Gasteiger charge is -2.10. The molecule has 4 rings (SSSR count). The van der Waals surface area contributed by atoms with E-state index < -0.39 is 0 Å². The predicted molar refractivity (Wildman–Crippen MR) is 139 cm³/mol. The van der Waals surface area contributed by atoms with Crippen LogP contribution in [0.1, 0.15) is 5.56 Å². The van der Waals surface area contributed by atoms with Crippen LogP contribution >= 0.6 is 31.9 Å². The molecule has 33 heavy (non-hydrogen) atoms. The van der Waals surface area contributed by atoms with Gasteiger partial charge in [0.05, 0.1) is 17.8 Å². The summed E-state index contributed by atoms with van der Waals surface area (Å²) < 4.78 is 7.16. The minimum Gasteiger partial charge on any atom is -0.495 e. The van der Waals surface area contributed by atoms with Crippen molar-refractivity contribution in [3.8, 4) is 5.75 Å². The first-order valence-electron chi connectivity index (χ1n) is 9.83. The fraction of sp³-hybridized carbons (Fsp3) is 0.0435. The summed E-state index contributed by atoms with van der Waals surface area (Å²) in [6, 6.07) is 23.1. The van der Waals surface area contributed by atoms with E-state index in [0.29, 0.717) is 17.6 Å². The molecule has 1 heterocycles. The van der Waals surface area contributed by atoms with Crippen LogP contribution in [0.25, 0.3) is 0 Å². The molecule has 0 amide bonds. The number of ether oxygens (including phenoxy) is 1. The number of nitrogens with zero attached hydrogens (tertiary/aromatic N) is 4. The molecule has 0 atom stereocenters. The number of hydrogen-bond donors (Lipinski definition) is 3. The van der Waals surface area contributed by atoms with Crippen LogP contribution in [0.3, 0.4) is 0 Å². The zero-order valence-electron chi connectivity index (χ0n) is 17.5. The first-order chi connectivity index (χ1) is 16.1. The highest BCUT2D eigenvalue weighted by Gasteiger charge is 2.09. The summed E-state index contributed by atoms with van der Waals surface area (Å²) in [6.07, 6.45) is 1.63. The van der Waals surface area contributed by atoms with Crippen molar-refractivity contribution in [3.05, 3.63) is 87.3 Å². The highest BCUT2D eigenvalue weighted by molar-refractivity contribution is 9.11. The molecule has 10 heteroatoms. The minimum absolute atomic E-state index is 0.270. The molecule has 0 aliphatic carbocycles. The standard InChI is InChI=1S/C23H19Br2N7O/c1-33-20-15(12-16(24)13-19(20)25)14-26-32-23-30-21(27-17-8-4-2-5-9-17)29-22(31-23)28-18-10-6-3-7-11-18/h2-14H,1H3,(H3,27,28,29,30,31,32). The van der Waals surface area contributed by atoms with Crippen LogP contribution in [0.15, 0.2) is 86.8 Å². The Morgan fingerprint density at radius 1 is 0.788 bits per heavy atom. The van der Waals surface area contributed by atoms with Gasteiger partial charge in [0.15, 0.2) is 0 Å². The van der Waals surface area contributed by atoms with Gasteiger partial charge in [-0.05, 0) is 52.3 Å². The maximum atomic E-state index is 5.46. The number of methoxy groups -OCH3 is 1. The number of hydrazone groups is 1. The van der Waals surface area contributed by atoms with Crippen LogP contribution in [0.5, 0.6) is 5.75 Å². The van der Waals surface area contributed by atoms with Crippen LogP contribution in [0.4, 0.5) is 29.2 Å². The molecule has 0 saturated carbocycles. The molecule has 0 radical (unpaired) electrons. The van der Waals surface area contributed by atoms with Crippen LogP contribution < -0.4 is 20.8 Å². The van der Waals surface area contributed by atoms with Gasteiger partial charge in [0.1, 0.15) is 5.75 Å². The van der Waals surface area contributed by atoms with Crippen LogP contribution in [0, 0.1) is 0 Å². The van der Waals surface area contributed by atoms with E-state index in [0.717, 1.165) is 25.9 Å². The zero-order chi connectivity index (χ0) is 23.0. The minimum atomic E-state index is 0.270. The van der Waals surface area contributed by atoms with Crippen molar-refractivity contribution in [2.75, 3.05) is 23.2 Å². The van der Waals surface area contributed by atoms with E-state index in [1.54, 1.807) is 13.3 Å². The van der Waals surface area contributed by atoms with Gasteiger partial charge >= 0.3 is 0 Å². The Kier molecular flexibility index (Phi) is 7.48. The lowest BCUT2D eigenvalue weighted by molar-refractivity contribution is 0.411. The Morgan fingerprint density at radius 3 is 1.88 bits per heavy atom. The molecule has 0 aliphatic heterocycles. The average Bonchev–Trinajstić information content (AvgIpc) is 2.80. The number of nitrogens with one attached hydrogen (secondary N) is 3. The topological polar surface area (TPSA) is 96.4 Å². The molecule has 166 valence electrons. The molecule has 0 fully saturated rings. The monoisotopic (exact) mass is 567 g/mol. The molecule has 0 aliphatic rings. The maximum absolute atomic E-state index is 5.46. The first kappa shape index (κ1) is 22.7. The molecular weight excluding hydrogens is 550 g/mol. The van der Waals surface area contributed by atoms with Gasteiger partial charge in [0.2, 0.25) is 17.8 Å². The maximum Gasteiger partial charge on any atom is 0.250 e.